The Hall–Kier alpha value is -4.06. The maximum absolute atomic E-state index is 13.6. The number of nitrogens with one attached hydrogen (secondary N) is 1. The van der Waals surface area contributed by atoms with Crippen LogP contribution in [0.2, 0.25) is 0 Å². The van der Waals surface area contributed by atoms with Crippen LogP contribution in [0.3, 0.4) is 0 Å². The zero-order valence-corrected chi connectivity index (χ0v) is 19.1. The Bertz CT molecular complexity index is 1250. The molecule has 6 heteroatoms. The molecular formula is C27H26N2O4. The first-order chi connectivity index (χ1) is 15.9. The molecule has 33 heavy (non-hydrogen) atoms. The molecule has 1 aliphatic rings. The van der Waals surface area contributed by atoms with E-state index in [2.05, 4.69) is 5.32 Å². The SMILES string of the molecule is CCOc1ccc(C2=C(Nc3ccc(C)c(C)c3)C(=O)N(c3ccccc3OC)C2=O)cc1. The van der Waals surface area contributed by atoms with Crippen molar-refractivity contribution in [2.45, 2.75) is 20.8 Å². The van der Waals surface area contributed by atoms with E-state index in [1.54, 1.807) is 48.5 Å². The number of carbonyl (C=O) groups excluding carboxylic acids is 2. The van der Waals surface area contributed by atoms with E-state index >= 15 is 0 Å². The van der Waals surface area contributed by atoms with Crippen LogP contribution < -0.4 is 19.7 Å². The van der Waals surface area contributed by atoms with Crippen LogP contribution in [0.25, 0.3) is 5.57 Å². The lowest BCUT2D eigenvalue weighted by atomic mass is 10.0. The Labute approximate surface area is 193 Å². The number of hydrogen-bond donors (Lipinski definition) is 1. The average Bonchev–Trinajstić information content (AvgIpc) is 3.06. The molecule has 0 unspecified atom stereocenters. The van der Waals surface area contributed by atoms with Crippen molar-refractivity contribution in [1.29, 1.82) is 0 Å². The maximum atomic E-state index is 13.6. The lowest BCUT2D eigenvalue weighted by Gasteiger charge is -2.18. The summed E-state index contributed by atoms with van der Waals surface area (Å²) in [6.45, 7) is 6.48. The zero-order chi connectivity index (χ0) is 23.5. The van der Waals surface area contributed by atoms with Crippen molar-refractivity contribution in [2.75, 3.05) is 23.9 Å². The van der Waals surface area contributed by atoms with E-state index in [0.29, 0.717) is 34.9 Å². The fraction of sp³-hybridized carbons (Fsp3) is 0.185. The van der Waals surface area contributed by atoms with Crippen molar-refractivity contribution in [3.8, 4) is 11.5 Å². The van der Waals surface area contributed by atoms with Gasteiger partial charge in [0.1, 0.15) is 17.2 Å². The molecule has 6 nitrogen and oxygen atoms in total. The number of amides is 2. The summed E-state index contributed by atoms with van der Waals surface area (Å²) in [6, 6.07) is 20.0. The molecule has 2 amide bonds. The predicted molar refractivity (Wildman–Crippen MR) is 130 cm³/mol. The van der Waals surface area contributed by atoms with E-state index in [4.69, 9.17) is 9.47 Å². The first-order valence-electron chi connectivity index (χ1n) is 10.8. The molecule has 0 aliphatic carbocycles. The summed E-state index contributed by atoms with van der Waals surface area (Å²) in [4.78, 5) is 28.4. The number of para-hydroxylation sites is 2. The Morgan fingerprint density at radius 3 is 2.27 bits per heavy atom. The van der Waals surface area contributed by atoms with E-state index in [9.17, 15) is 9.59 Å². The van der Waals surface area contributed by atoms with Crippen LogP contribution in [0.15, 0.2) is 72.4 Å². The molecule has 0 aromatic heterocycles. The normalized spacial score (nSPS) is 13.5. The monoisotopic (exact) mass is 442 g/mol. The molecule has 4 rings (SSSR count). The highest BCUT2D eigenvalue weighted by molar-refractivity contribution is 6.46. The number of anilines is 2. The molecule has 0 atom stereocenters. The number of hydrogen-bond acceptors (Lipinski definition) is 5. The van der Waals surface area contributed by atoms with Gasteiger partial charge in [0.15, 0.2) is 0 Å². The first-order valence-corrected chi connectivity index (χ1v) is 10.8. The lowest BCUT2D eigenvalue weighted by molar-refractivity contribution is -0.120. The Morgan fingerprint density at radius 2 is 1.61 bits per heavy atom. The number of aryl methyl sites for hydroxylation is 2. The Balaban J connectivity index is 1.82. The summed E-state index contributed by atoms with van der Waals surface area (Å²) in [5.41, 5.74) is 4.51. The number of methoxy groups -OCH3 is 1. The molecule has 1 N–H and O–H groups in total. The van der Waals surface area contributed by atoms with E-state index < -0.39 is 11.8 Å². The minimum atomic E-state index is -0.438. The van der Waals surface area contributed by atoms with Gasteiger partial charge in [-0.2, -0.15) is 0 Å². The van der Waals surface area contributed by atoms with Crippen LogP contribution in [0.4, 0.5) is 11.4 Å². The lowest BCUT2D eigenvalue weighted by Crippen LogP contribution is -2.32. The molecule has 0 spiro atoms. The maximum Gasteiger partial charge on any atom is 0.282 e. The molecule has 3 aromatic rings. The molecular weight excluding hydrogens is 416 g/mol. The van der Waals surface area contributed by atoms with Gasteiger partial charge in [0.05, 0.1) is 25.0 Å². The number of nitrogens with zero attached hydrogens (tertiary/aromatic N) is 1. The minimum Gasteiger partial charge on any atom is -0.495 e. The largest absolute Gasteiger partial charge is 0.495 e. The molecule has 0 radical (unpaired) electrons. The van der Waals surface area contributed by atoms with Crippen LogP contribution in [-0.2, 0) is 9.59 Å². The van der Waals surface area contributed by atoms with Gasteiger partial charge in [0, 0.05) is 5.69 Å². The van der Waals surface area contributed by atoms with Gasteiger partial charge >= 0.3 is 0 Å². The molecule has 168 valence electrons. The molecule has 0 fully saturated rings. The minimum absolute atomic E-state index is 0.221. The standard InChI is InChI=1S/C27H26N2O4/c1-5-33-21-14-11-19(12-15-21)24-25(28-20-13-10-17(2)18(3)16-20)27(31)29(26(24)30)22-8-6-7-9-23(22)32-4/h6-16,28H,5H2,1-4H3. The number of benzene rings is 3. The van der Waals surface area contributed by atoms with Gasteiger partial charge in [-0.15, -0.1) is 0 Å². The van der Waals surface area contributed by atoms with Gasteiger partial charge in [-0.05, 0) is 73.9 Å². The van der Waals surface area contributed by atoms with E-state index in [1.807, 2.05) is 39.0 Å². The molecule has 0 saturated carbocycles. The number of imide groups is 1. The highest BCUT2D eigenvalue weighted by atomic mass is 16.5. The highest BCUT2D eigenvalue weighted by Crippen LogP contribution is 2.38. The van der Waals surface area contributed by atoms with Crippen molar-refractivity contribution < 1.29 is 19.1 Å². The van der Waals surface area contributed by atoms with Crippen LogP contribution in [0.1, 0.15) is 23.6 Å². The van der Waals surface area contributed by atoms with E-state index in [1.165, 1.54) is 7.11 Å². The first kappa shape index (κ1) is 22.1. The predicted octanol–water partition coefficient (Wildman–Crippen LogP) is 5.11. The third-order valence-electron chi connectivity index (χ3n) is 5.64. The summed E-state index contributed by atoms with van der Waals surface area (Å²) >= 11 is 0. The number of rotatable bonds is 7. The smallest absolute Gasteiger partial charge is 0.282 e. The van der Waals surface area contributed by atoms with Crippen LogP contribution in [0, 0.1) is 13.8 Å². The molecule has 1 aliphatic heterocycles. The van der Waals surface area contributed by atoms with Crippen LogP contribution >= 0.6 is 0 Å². The van der Waals surface area contributed by atoms with Gasteiger partial charge in [0.25, 0.3) is 11.8 Å². The highest BCUT2D eigenvalue weighted by Gasteiger charge is 2.41. The third kappa shape index (κ3) is 4.20. The second-order valence-electron chi connectivity index (χ2n) is 7.75. The molecule has 1 heterocycles. The Morgan fingerprint density at radius 1 is 0.879 bits per heavy atom. The fourth-order valence-corrected chi connectivity index (χ4v) is 3.79. The second-order valence-corrected chi connectivity index (χ2v) is 7.75. The quantitative estimate of drug-likeness (QED) is 0.515. The van der Waals surface area contributed by atoms with Gasteiger partial charge < -0.3 is 14.8 Å². The van der Waals surface area contributed by atoms with Gasteiger partial charge in [-0.1, -0.05) is 30.3 Å². The summed E-state index contributed by atoms with van der Waals surface area (Å²) in [6.07, 6.45) is 0. The van der Waals surface area contributed by atoms with Crippen molar-refractivity contribution in [1.82, 2.24) is 0 Å². The van der Waals surface area contributed by atoms with Gasteiger partial charge in [0.2, 0.25) is 0 Å². The topological polar surface area (TPSA) is 67.9 Å². The summed E-state index contributed by atoms with van der Waals surface area (Å²) in [7, 11) is 1.51. The fourth-order valence-electron chi connectivity index (χ4n) is 3.79. The van der Waals surface area contributed by atoms with Crippen molar-refractivity contribution in [3.63, 3.8) is 0 Å². The summed E-state index contributed by atoms with van der Waals surface area (Å²) in [5.74, 6) is 0.285. The number of carbonyl (C=O) groups is 2. The van der Waals surface area contributed by atoms with Crippen molar-refractivity contribution in [2.24, 2.45) is 0 Å². The van der Waals surface area contributed by atoms with Crippen LogP contribution in [0.5, 0.6) is 11.5 Å². The van der Waals surface area contributed by atoms with E-state index in [-0.39, 0.29) is 5.70 Å². The Kier molecular flexibility index (Phi) is 6.18. The second kappa shape index (κ2) is 9.20. The van der Waals surface area contributed by atoms with Gasteiger partial charge in [-0.3, -0.25) is 9.59 Å². The third-order valence-corrected chi connectivity index (χ3v) is 5.64. The van der Waals surface area contributed by atoms with Crippen molar-refractivity contribution >= 4 is 28.8 Å². The zero-order valence-electron chi connectivity index (χ0n) is 19.1. The number of ether oxygens (including phenoxy) is 2. The average molecular weight is 443 g/mol. The summed E-state index contributed by atoms with van der Waals surface area (Å²) < 4.78 is 10.9. The molecule has 3 aromatic carbocycles. The summed E-state index contributed by atoms with van der Waals surface area (Å²) in [5, 5.41) is 3.21. The van der Waals surface area contributed by atoms with E-state index in [0.717, 1.165) is 21.7 Å². The van der Waals surface area contributed by atoms with Gasteiger partial charge in [-0.25, -0.2) is 4.90 Å². The van der Waals surface area contributed by atoms with Crippen LogP contribution in [-0.4, -0.2) is 25.5 Å². The molecule has 0 bridgehead atoms. The molecule has 0 saturated heterocycles. The van der Waals surface area contributed by atoms with Crippen molar-refractivity contribution in [3.05, 3.63) is 89.1 Å².